The molecule has 1 atom stereocenters. The van der Waals surface area contributed by atoms with Crippen LogP contribution < -0.4 is 20.7 Å². The number of aromatic amines is 1. The highest BCUT2D eigenvalue weighted by atomic mass is 35.5. The Hall–Kier alpha value is -3.63. The zero-order chi connectivity index (χ0) is 22.9. The number of para-hydroxylation sites is 1. The second kappa shape index (κ2) is 8.72. The van der Waals surface area contributed by atoms with E-state index in [4.69, 9.17) is 16.3 Å². The fourth-order valence-electron chi connectivity index (χ4n) is 4.03. The Morgan fingerprint density at radius 2 is 2.18 bits per heavy atom. The maximum absolute atomic E-state index is 12.8. The molecule has 0 radical (unpaired) electrons. The molecule has 1 amide bonds. The molecular formula is C22H23ClN8O2. The minimum absolute atomic E-state index is 0.0936. The van der Waals surface area contributed by atoms with Gasteiger partial charge in [0.15, 0.2) is 0 Å². The van der Waals surface area contributed by atoms with E-state index in [1.807, 2.05) is 24.3 Å². The Kier molecular flexibility index (Phi) is 5.61. The van der Waals surface area contributed by atoms with Crippen LogP contribution in [0.25, 0.3) is 22.2 Å². The molecule has 1 saturated heterocycles. The van der Waals surface area contributed by atoms with Crippen molar-refractivity contribution >= 4 is 45.9 Å². The van der Waals surface area contributed by atoms with E-state index in [-0.39, 0.29) is 11.9 Å². The summed E-state index contributed by atoms with van der Waals surface area (Å²) < 4.78 is 6.93. The van der Waals surface area contributed by atoms with Crippen LogP contribution in [0, 0.1) is 0 Å². The maximum Gasteiger partial charge on any atom is 0.256 e. The predicted octanol–water partition coefficient (Wildman–Crippen LogP) is 3.45. The van der Waals surface area contributed by atoms with Crippen LogP contribution in [-0.2, 0) is 11.8 Å². The van der Waals surface area contributed by atoms with E-state index in [2.05, 4.69) is 36.0 Å². The molecule has 4 N–H and O–H groups in total. The largest absolute Gasteiger partial charge is 0.478 e. The van der Waals surface area contributed by atoms with Crippen LogP contribution in [0.3, 0.4) is 0 Å². The third kappa shape index (κ3) is 4.10. The monoisotopic (exact) mass is 466 g/mol. The molecular weight excluding hydrogens is 444 g/mol. The van der Waals surface area contributed by atoms with Gasteiger partial charge in [-0.05, 0) is 25.5 Å². The lowest BCUT2D eigenvalue weighted by molar-refractivity contribution is -0.117. The molecule has 1 fully saturated rings. The fourth-order valence-corrected chi connectivity index (χ4v) is 4.21. The number of aryl methyl sites for hydroxylation is 1. The number of anilines is 3. The van der Waals surface area contributed by atoms with Crippen LogP contribution in [0.4, 0.5) is 17.5 Å². The van der Waals surface area contributed by atoms with E-state index < -0.39 is 0 Å². The Bertz CT molecular complexity index is 1330. The number of H-pyrrole nitrogens is 1. The number of amides is 1. The first-order valence-corrected chi connectivity index (χ1v) is 10.9. The zero-order valence-electron chi connectivity index (χ0n) is 18.1. The van der Waals surface area contributed by atoms with Crippen molar-refractivity contribution in [1.82, 2.24) is 30.0 Å². The van der Waals surface area contributed by atoms with Gasteiger partial charge in [-0.2, -0.15) is 0 Å². The van der Waals surface area contributed by atoms with Crippen LogP contribution in [-0.4, -0.2) is 50.3 Å². The van der Waals surface area contributed by atoms with Crippen molar-refractivity contribution < 1.29 is 9.53 Å². The van der Waals surface area contributed by atoms with Crippen molar-refractivity contribution in [3.05, 3.63) is 41.7 Å². The first-order chi connectivity index (χ1) is 16.0. The molecule has 4 aromatic rings. The number of hydrogen-bond donors (Lipinski definition) is 4. The number of carbonyl (C=O) groups is 1. The highest BCUT2D eigenvalue weighted by Crippen LogP contribution is 2.39. The molecule has 170 valence electrons. The summed E-state index contributed by atoms with van der Waals surface area (Å²) in [6.07, 6.45) is 5.07. The summed E-state index contributed by atoms with van der Waals surface area (Å²) in [6.45, 7) is 0.836. The SMILES string of the molecule is COc1nn(C)cc1Nc1ncc(Cl)c(-c2c(NC(=O)[C@H]3CCCN3)[nH]c3ccccc23)n1. The second-order valence-corrected chi connectivity index (χ2v) is 8.21. The van der Waals surface area contributed by atoms with Gasteiger partial charge >= 0.3 is 0 Å². The molecule has 0 saturated carbocycles. The minimum Gasteiger partial charge on any atom is -0.478 e. The zero-order valence-corrected chi connectivity index (χ0v) is 18.9. The van der Waals surface area contributed by atoms with Gasteiger partial charge < -0.3 is 25.7 Å². The molecule has 11 heteroatoms. The van der Waals surface area contributed by atoms with Crippen molar-refractivity contribution in [3.8, 4) is 17.1 Å². The Morgan fingerprint density at radius 3 is 2.97 bits per heavy atom. The van der Waals surface area contributed by atoms with E-state index in [0.717, 1.165) is 30.3 Å². The summed E-state index contributed by atoms with van der Waals surface area (Å²) in [5.74, 6) is 1.19. The number of nitrogens with zero attached hydrogens (tertiary/aromatic N) is 4. The van der Waals surface area contributed by atoms with E-state index in [1.54, 1.807) is 25.0 Å². The summed E-state index contributed by atoms with van der Waals surface area (Å²) in [7, 11) is 3.34. The van der Waals surface area contributed by atoms with Crippen LogP contribution in [0.2, 0.25) is 5.02 Å². The van der Waals surface area contributed by atoms with Crippen LogP contribution in [0.15, 0.2) is 36.7 Å². The number of aromatic nitrogens is 5. The average Bonchev–Trinajstić information content (AvgIpc) is 3.54. The number of ether oxygens (including phenoxy) is 1. The molecule has 1 aliphatic heterocycles. The number of carbonyl (C=O) groups excluding carboxylic acids is 1. The third-order valence-electron chi connectivity index (χ3n) is 5.55. The lowest BCUT2D eigenvalue weighted by atomic mass is 10.1. The molecule has 33 heavy (non-hydrogen) atoms. The van der Waals surface area contributed by atoms with Gasteiger partial charge in [-0.25, -0.2) is 9.97 Å². The van der Waals surface area contributed by atoms with Gasteiger partial charge in [0.1, 0.15) is 11.5 Å². The Balaban J connectivity index is 1.56. The van der Waals surface area contributed by atoms with Gasteiger partial charge in [0.2, 0.25) is 11.9 Å². The molecule has 5 rings (SSSR count). The standard InChI is InChI=1S/C22H23ClN8O2/c1-31-11-16(21(30-31)33-2)27-22-25-10-13(23)18(28-22)17-12-6-3-4-7-14(12)26-19(17)29-20(32)15-8-5-9-24-15/h3-4,6-7,10-11,15,24,26H,5,8-9H2,1-2H3,(H,29,32)(H,25,27,28)/t15-/m1/s1. The summed E-state index contributed by atoms with van der Waals surface area (Å²) in [5.41, 5.74) is 2.67. The first-order valence-electron chi connectivity index (χ1n) is 10.6. The Morgan fingerprint density at radius 1 is 1.33 bits per heavy atom. The van der Waals surface area contributed by atoms with Crippen LogP contribution in [0.5, 0.6) is 5.88 Å². The molecule has 0 aliphatic carbocycles. The molecule has 3 aromatic heterocycles. The van der Waals surface area contributed by atoms with Gasteiger partial charge in [0.25, 0.3) is 5.88 Å². The lowest BCUT2D eigenvalue weighted by Crippen LogP contribution is -2.35. The molecule has 1 aliphatic rings. The van der Waals surface area contributed by atoms with Crippen molar-refractivity contribution in [3.63, 3.8) is 0 Å². The molecule has 4 heterocycles. The summed E-state index contributed by atoms with van der Waals surface area (Å²) >= 11 is 6.56. The maximum atomic E-state index is 12.8. The number of rotatable bonds is 6. The highest BCUT2D eigenvalue weighted by Gasteiger charge is 2.25. The summed E-state index contributed by atoms with van der Waals surface area (Å²) in [5, 5.41) is 14.9. The van der Waals surface area contributed by atoms with E-state index >= 15 is 0 Å². The van der Waals surface area contributed by atoms with Crippen LogP contribution >= 0.6 is 11.6 Å². The highest BCUT2D eigenvalue weighted by molar-refractivity contribution is 6.33. The summed E-state index contributed by atoms with van der Waals surface area (Å²) in [6, 6.07) is 7.53. The van der Waals surface area contributed by atoms with Gasteiger partial charge in [-0.1, -0.05) is 29.8 Å². The quantitative estimate of drug-likeness (QED) is 0.343. The van der Waals surface area contributed by atoms with Crippen molar-refractivity contribution in [2.75, 3.05) is 24.3 Å². The molecule has 10 nitrogen and oxygen atoms in total. The van der Waals surface area contributed by atoms with Crippen molar-refractivity contribution in [2.24, 2.45) is 7.05 Å². The van der Waals surface area contributed by atoms with E-state index in [0.29, 0.717) is 39.6 Å². The summed E-state index contributed by atoms with van der Waals surface area (Å²) in [4.78, 5) is 25.1. The van der Waals surface area contributed by atoms with Gasteiger partial charge in [0, 0.05) is 18.0 Å². The first kappa shape index (κ1) is 21.2. The van der Waals surface area contributed by atoms with Crippen molar-refractivity contribution in [1.29, 1.82) is 0 Å². The minimum atomic E-state index is -0.222. The van der Waals surface area contributed by atoms with Gasteiger partial charge in [-0.15, -0.1) is 5.10 Å². The number of hydrogen-bond acceptors (Lipinski definition) is 7. The van der Waals surface area contributed by atoms with E-state index in [1.165, 1.54) is 6.20 Å². The van der Waals surface area contributed by atoms with Crippen molar-refractivity contribution in [2.45, 2.75) is 18.9 Å². The van der Waals surface area contributed by atoms with Gasteiger partial charge in [0.05, 0.1) is 41.8 Å². The van der Waals surface area contributed by atoms with Crippen LogP contribution in [0.1, 0.15) is 12.8 Å². The predicted molar refractivity (Wildman–Crippen MR) is 127 cm³/mol. The topological polar surface area (TPSA) is 122 Å². The number of methoxy groups -OCH3 is 1. The molecule has 0 bridgehead atoms. The van der Waals surface area contributed by atoms with E-state index in [9.17, 15) is 4.79 Å². The molecule has 0 unspecified atom stereocenters. The molecule has 0 spiro atoms. The smallest absolute Gasteiger partial charge is 0.256 e. The third-order valence-corrected chi connectivity index (χ3v) is 5.82. The average molecular weight is 467 g/mol. The number of nitrogens with one attached hydrogen (secondary N) is 4. The van der Waals surface area contributed by atoms with Gasteiger partial charge in [-0.3, -0.25) is 9.48 Å². The lowest BCUT2D eigenvalue weighted by Gasteiger charge is -2.13. The second-order valence-electron chi connectivity index (χ2n) is 7.80. The number of benzene rings is 1. The Labute approximate surface area is 194 Å². The number of halogens is 1. The fraction of sp³-hybridized carbons (Fsp3) is 0.273. The normalized spacial score (nSPS) is 15.7. The molecule has 1 aromatic carbocycles. The number of fused-ring (bicyclic) bond motifs is 1.